The number of carbonyl (C=O) groups excluding carboxylic acids is 1. The van der Waals surface area contributed by atoms with Crippen LogP contribution in [0.3, 0.4) is 0 Å². The summed E-state index contributed by atoms with van der Waals surface area (Å²) in [4.78, 5) is 11.8. The second kappa shape index (κ2) is 8.41. The lowest BCUT2D eigenvalue weighted by Crippen LogP contribution is -2.47. The highest BCUT2D eigenvalue weighted by Gasteiger charge is 2.32. The molecule has 156 valence electrons. The molecule has 1 amide bonds. The van der Waals surface area contributed by atoms with E-state index < -0.39 is 49.9 Å². The van der Waals surface area contributed by atoms with Crippen LogP contribution in [0.1, 0.15) is 24.2 Å². The molecular formula is C14H17ClF3N5O4S. The molecule has 0 atom stereocenters. The average Bonchev–Trinajstić information content (AvgIpc) is 3.05. The number of halogens is 4. The number of ether oxygens (including phenoxy) is 1. The maximum Gasteiger partial charge on any atom is 0.422 e. The SMILES string of the molecule is CCN1NNN=C1NC(=O)c1ccc(OCC(F)(F)F)c(S(=O)(=O)CC)c1Cl. The molecule has 0 unspecified atom stereocenters. The molecule has 28 heavy (non-hydrogen) atoms. The molecule has 0 fully saturated rings. The van der Waals surface area contributed by atoms with Crippen molar-refractivity contribution in [1.82, 2.24) is 21.4 Å². The highest BCUT2D eigenvalue weighted by atomic mass is 35.5. The van der Waals surface area contributed by atoms with Crippen LogP contribution in [0.5, 0.6) is 5.75 Å². The molecule has 14 heteroatoms. The Hall–Kier alpha value is -2.25. The van der Waals surface area contributed by atoms with Gasteiger partial charge in [0.15, 0.2) is 16.4 Å². The number of amides is 1. The van der Waals surface area contributed by atoms with Crippen LogP contribution >= 0.6 is 11.6 Å². The van der Waals surface area contributed by atoms with Crippen LogP contribution < -0.4 is 21.1 Å². The number of hydrazine groups is 2. The molecule has 1 aromatic rings. The number of benzene rings is 1. The Balaban J connectivity index is 2.41. The van der Waals surface area contributed by atoms with Gasteiger partial charge >= 0.3 is 6.18 Å². The molecule has 9 nitrogen and oxygen atoms in total. The number of nitrogens with zero attached hydrogens (tertiary/aromatic N) is 2. The molecule has 0 aliphatic carbocycles. The summed E-state index contributed by atoms with van der Waals surface area (Å²) in [6, 6.07) is 2.03. The number of hydrazone groups is 1. The quantitative estimate of drug-likeness (QED) is 0.609. The van der Waals surface area contributed by atoms with Gasteiger partial charge in [-0.25, -0.2) is 14.0 Å². The first-order valence-electron chi connectivity index (χ1n) is 7.92. The molecule has 0 saturated carbocycles. The molecule has 1 heterocycles. The van der Waals surface area contributed by atoms with E-state index in [9.17, 15) is 26.4 Å². The third-order valence-corrected chi connectivity index (χ3v) is 5.82. The number of alkyl halides is 3. The van der Waals surface area contributed by atoms with Crippen molar-refractivity contribution >= 4 is 33.3 Å². The number of sulfone groups is 1. The van der Waals surface area contributed by atoms with E-state index in [2.05, 4.69) is 26.2 Å². The van der Waals surface area contributed by atoms with Gasteiger partial charge in [0.1, 0.15) is 10.6 Å². The average molecular weight is 444 g/mol. The first-order valence-corrected chi connectivity index (χ1v) is 9.95. The van der Waals surface area contributed by atoms with Gasteiger partial charge in [0.25, 0.3) is 5.91 Å². The first kappa shape index (κ1) is 22.0. The van der Waals surface area contributed by atoms with E-state index in [-0.39, 0.29) is 11.5 Å². The second-order valence-electron chi connectivity index (χ2n) is 5.42. The third-order valence-electron chi connectivity index (χ3n) is 3.53. The highest BCUT2D eigenvalue weighted by molar-refractivity contribution is 7.91. The third kappa shape index (κ3) is 4.97. The van der Waals surface area contributed by atoms with Crippen LogP contribution in [-0.4, -0.2) is 50.4 Å². The van der Waals surface area contributed by atoms with E-state index >= 15 is 0 Å². The van der Waals surface area contributed by atoms with Gasteiger partial charge in [-0.1, -0.05) is 18.5 Å². The monoisotopic (exact) mass is 443 g/mol. The van der Waals surface area contributed by atoms with Crippen molar-refractivity contribution < 1.29 is 31.1 Å². The fraction of sp³-hybridized carbons (Fsp3) is 0.429. The molecule has 0 radical (unpaired) electrons. The Morgan fingerprint density at radius 3 is 2.61 bits per heavy atom. The van der Waals surface area contributed by atoms with Crippen molar-refractivity contribution in [1.29, 1.82) is 0 Å². The summed E-state index contributed by atoms with van der Waals surface area (Å²) in [6.07, 6.45) is -4.68. The molecule has 0 aromatic heterocycles. The van der Waals surface area contributed by atoms with Crippen LogP contribution in [0.2, 0.25) is 5.02 Å². The Labute approximate surface area is 163 Å². The molecule has 2 rings (SSSR count). The zero-order valence-electron chi connectivity index (χ0n) is 14.7. The van der Waals surface area contributed by atoms with Crippen LogP contribution in [-0.2, 0) is 9.84 Å². The molecule has 1 aliphatic heterocycles. The van der Waals surface area contributed by atoms with Crippen LogP contribution in [0.25, 0.3) is 0 Å². The largest absolute Gasteiger partial charge is 0.483 e. The lowest BCUT2D eigenvalue weighted by Gasteiger charge is -2.18. The van der Waals surface area contributed by atoms with Crippen molar-refractivity contribution in [2.45, 2.75) is 24.9 Å². The molecular weight excluding hydrogens is 427 g/mol. The minimum absolute atomic E-state index is 0.0980. The molecule has 0 spiro atoms. The lowest BCUT2D eigenvalue weighted by atomic mass is 10.2. The van der Waals surface area contributed by atoms with Crippen molar-refractivity contribution in [3.8, 4) is 5.75 Å². The normalized spacial score (nSPS) is 14.5. The zero-order chi connectivity index (χ0) is 21.1. The number of hydrogen-bond acceptors (Lipinski definition) is 8. The predicted molar refractivity (Wildman–Crippen MR) is 94.3 cm³/mol. The van der Waals surface area contributed by atoms with Crippen LogP contribution in [0.4, 0.5) is 13.2 Å². The molecule has 3 N–H and O–H groups in total. The maximum atomic E-state index is 12.5. The summed E-state index contributed by atoms with van der Waals surface area (Å²) >= 11 is 6.09. The van der Waals surface area contributed by atoms with E-state index in [0.717, 1.165) is 12.1 Å². The van der Waals surface area contributed by atoms with Gasteiger partial charge in [0.2, 0.25) is 5.96 Å². The van der Waals surface area contributed by atoms with Crippen LogP contribution in [0, 0.1) is 0 Å². The fourth-order valence-corrected chi connectivity index (χ4v) is 3.87. The van der Waals surface area contributed by atoms with E-state index in [1.54, 1.807) is 6.92 Å². The van der Waals surface area contributed by atoms with Crippen molar-refractivity contribution in [3.63, 3.8) is 0 Å². The van der Waals surface area contributed by atoms with Gasteiger partial charge in [0.05, 0.1) is 16.3 Å². The second-order valence-corrected chi connectivity index (χ2v) is 8.01. The van der Waals surface area contributed by atoms with Gasteiger partial charge in [0, 0.05) is 6.54 Å². The van der Waals surface area contributed by atoms with E-state index in [0.29, 0.717) is 6.54 Å². The predicted octanol–water partition coefficient (Wildman–Crippen LogP) is 1.42. The molecule has 1 aliphatic rings. The summed E-state index contributed by atoms with van der Waals surface area (Å²) in [5.74, 6) is -1.74. The number of hydrogen-bond donors (Lipinski definition) is 3. The summed E-state index contributed by atoms with van der Waals surface area (Å²) in [7, 11) is -4.10. The molecule has 0 saturated heterocycles. The first-order chi connectivity index (χ1) is 13.0. The lowest BCUT2D eigenvalue weighted by molar-refractivity contribution is -0.153. The van der Waals surface area contributed by atoms with Gasteiger partial charge in [-0.15, -0.1) is 10.6 Å². The fourth-order valence-electron chi connectivity index (χ4n) is 2.17. The van der Waals surface area contributed by atoms with Gasteiger partial charge < -0.3 is 4.74 Å². The smallest absolute Gasteiger partial charge is 0.422 e. The number of carbonyl (C=O) groups is 1. The summed E-state index contributed by atoms with van der Waals surface area (Å²) in [5.41, 5.74) is 4.78. The number of guanidine groups is 1. The Morgan fingerprint density at radius 1 is 1.36 bits per heavy atom. The molecule has 1 aromatic carbocycles. The van der Waals surface area contributed by atoms with Gasteiger partial charge in [-0.3, -0.25) is 15.1 Å². The molecule has 0 bridgehead atoms. The Morgan fingerprint density at radius 2 is 2.04 bits per heavy atom. The van der Waals surface area contributed by atoms with E-state index in [1.165, 1.54) is 11.9 Å². The van der Waals surface area contributed by atoms with Crippen molar-refractivity contribution in [2.24, 2.45) is 5.10 Å². The topological polar surface area (TPSA) is 112 Å². The summed E-state index contributed by atoms with van der Waals surface area (Å²) in [5, 5.41) is 7.10. The number of rotatable bonds is 6. The summed E-state index contributed by atoms with van der Waals surface area (Å²) < 4.78 is 66.7. The van der Waals surface area contributed by atoms with E-state index in [1.807, 2.05) is 0 Å². The minimum atomic E-state index is -4.68. The maximum absolute atomic E-state index is 12.5. The summed E-state index contributed by atoms with van der Waals surface area (Å²) in [6.45, 7) is 1.78. The highest BCUT2D eigenvalue weighted by Crippen LogP contribution is 2.35. The standard InChI is InChI=1S/C14H17ClF3N5O4S/c1-3-23-13(20-21-22-23)19-12(24)8-5-6-9(27-7-14(16,17)18)11(10(8)15)28(25,26)4-2/h5-6,21-22H,3-4,7H2,1-2H3,(H,19,20,24). The van der Waals surface area contributed by atoms with Crippen molar-refractivity contribution in [3.05, 3.63) is 22.7 Å². The van der Waals surface area contributed by atoms with E-state index in [4.69, 9.17) is 11.6 Å². The Kier molecular flexibility index (Phi) is 6.62. The van der Waals surface area contributed by atoms with Crippen LogP contribution in [0.15, 0.2) is 22.1 Å². The van der Waals surface area contributed by atoms with Gasteiger partial charge in [-0.2, -0.15) is 13.2 Å². The Bertz CT molecular complexity index is 892. The van der Waals surface area contributed by atoms with Gasteiger partial charge in [-0.05, 0) is 19.1 Å². The zero-order valence-corrected chi connectivity index (χ0v) is 16.3. The number of nitrogens with one attached hydrogen (secondary N) is 3. The minimum Gasteiger partial charge on any atom is -0.483 e. The van der Waals surface area contributed by atoms with Crippen molar-refractivity contribution in [2.75, 3.05) is 18.9 Å².